The van der Waals surface area contributed by atoms with Gasteiger partial charge in [-0.2, -0.15) is 0 Å². The Morgan fingerprint density at radius 3 is 2.62 bits per heavy atom. The molecule has 0 aromatic heterocycles. The molecule has 1 N–H and O–H groups in total. The van der Waals surface area contributed by atoms with Crippen LogP contribution in [0.2, 0.25) is 0 Å². The van der Waals surface area contributed by atoms with Gasteiger partial charge in [0.15, 0.2) is 0 Å². The highest BCUT2D eigenvalue weighted by atomic mass is 19.1. The molecule has 1 aliphatic rings. The van der Waals surface area contributed by atoms with Crippen molar-refractivity contribution in [3.63, 3.8) is 0 Å². The number of carbonyl (C=O) groups excluding carboxylic acids is 2. The second-order valence-corrected chi connectivity index (χ2v) is 6.61. The van der Waals surface area contributed by atoms with E-state index in [2.05, 4.69) is 5.32 Å². The Bertz CT molecular complexity index is 789. The minimum Gasteiger partial charge on any atom is -0.342 e. The first kappa shape index (κ1) is 18.1. The molecule has 0 radical (unpaired) electrons. The molecule has 0 saturated carbocycles. The van der Waals surface area contributed by atoms with Crippen LogP contribution < -0.4 is 5.32 Å². The smallest absolute Gasteiger partial charge is 0.229 e. The lowest BCUT2D eigenvalue weighted by atomic mass is 9.96. The van der Waals surface area contributed by atoms with Crippen molar-refractivity contribution >= 4 is 17.5 Å². The third-order valence-electron chi connectivity index (χ3n) is 4.76. The molecule has 2 aromatic carbocycles. The molecule has 1 unspecified atom stereocenters. The molecule has 1 aliphatic heterocycles. The summed E-state index contributed by atoms with van der Waals surface area (Å²) in [6.07, 6.45) is 2.11. The van der Waals surface area contributed by atoms with E-state index in [9.17, 15) is 14.0 Å². The molecule has 0 bridgehead atoms. The minimum absolute atomic E-state index is 0.0582. The standard InChI is InChI=1S/C21H23FN2O2/c1-2-20(25)24-12-4-6-17(14-24)21(26)23-19-10-8-15(9-11-19)16-5-3-7-18(22)13-16/h3,5,7-11,13,17H,2,4,6,12,14H2,1H3,(H,23,26). The van der Waals surface area contributed by atoms with E-state index in [1.54, 1.807) is 11.0 Å². The SMILES string of the molecule is CCC(=O)N1CCCC(C(=O)Nc2ccc(-c3cccc(F)c3)cc2)C1. The van der Waals surface area contributed by atoms with Crippen molar-refractivity contribution in [3.05, 3.63) is 54.3 Å². The number of hydrogen-bond donors (Lipinski definition) is 1. The molecule has 26 heavy (non-hydrogen) atoms. The minimum atomic E-state index is -0.275. The molecule has 1 atom stereocenters. The number of amides is 2. The zero-order valence-corrected chi connectivity index (χ0v) is 14.9. The summed E-state index contributed by atoms with van der Waals surface area (Å²) in [5.41, 5.74) is 2.39. The van der Waals surface area contributed by atoms with Crippen molar-refractivity contribution in [2.75, 3.05) is 18.4 Å². The maximum atomic E-state index is 13.3. The highest BCUT2D eigenvalue weighted by molar-refractivity contribution is 5.93. The van der Waals surface area contributed by atoms with Crippen LogP contribution in [0.5, 0.6) is 0 Å². The van der Waals surface area contributed by atoms with E-state index in [1.165, 1.54) is 12.1 Å². The summed E-state index contributed by atoms with van der Waals surface area (Å²) in [5.74, 6) is -0.412. The van der Waals surface area contributed by atoms with Crippen LogP contribution in [-0.2, 0) is 9.59 Å². The van der Waals surface area contributed by atoms with Gasteiger partial charge in [0.25, 0.3) is 0 Å². The van der Waals surface area contributed by atoms with Crippen molar-refractivity contribution in [1.82, 2.24) is 4.90 Å². The largest absolute Gasteiger partial charge is 0.342 e. The summed E-state index contributed by atoms with van der Waals surface area (Å²) >= 11 is 0. The highest BCUT2D eigenvalue weighted by Crippen LogP contribution is 2.23. The summed E-state index contributed by atoms with van der Waals surface area (Å²) in [4.78, 5) is 26.2. The fourth-order valence-corrected chi connectivity index (χ4v) is 3.30. The van der Waals surface area contributed by atoms with Crippen LogP contribution in [0.1, 0.15) is 26.2 Å². The Hall–Kier alpha value is -2.69. The normalized spacial score (nSPS) is 17.0. The molecule has 4 nitrogen and oxygen atoms in total. The molecular formula is C21H23FN2O2. The number of likely N-dealkylation sites (tertiary alicyclic amines) is 1. The second kappa shape index (κ2) is 8.13. The first-order valence-electron chi connectivity index (χ1n) is 9.01. The first-order valence-corrected chi connectivity index (χ1v) is 9.01. The fourth-order valence-electron chi connectivity index (χ4n) is 3.30. The Morgan fingerprint density at radius 1 is 1.15 bits per heavy atom. The average Bonchev–Trinajstić information content (AvgIpc) is 2.68. The zero-order chi connectivity index (χ0) is 18.5. The third kappa shape index (κ3) is 4.28. The van der Waals surface area contributed by atoms with Gasteiger partial charge in [-0.1, -0.05) is 31.2 Å². The fraction of sp³-hybridized carbons (Fsp3) is 0.333. The molecular weight excluding hydrogens is 331 g/mol. The number of rotatable bonds is 4. The monoisotopic (exact) mass is 354 g/mol. The van der Waals surface area contributed by atoms with Crippen molar-refractivity contribution < 1.29 is 14.0 Å². The van der Waals surface area contributed by atoms with Crippen LogP contribution in [0.15, 0.2) is 48.5 Å². The molecule has 0 spiro atoms. The van der Waals surface area contributed by atoms with Crippen molar-refractivity contribution in [3.8, 4) is 11.1 Å². The third-order valence-corrected chi connectivity index (χ3v) is 4.76. The number of carbonyl (C=O) groups is 2. The predicted molar refractivity (Wildman–Crippen MR) is 100 cm³/mol. The summed E-state index contributed by atoms with van der Waals surface area (Å²) in [7, 11) is 0. The first-order chi connectivity index (χ1) is 12.6. The number of halogens is 1. The molecule has 136 valence electrons. The predicted octanol–water partition coefficient (Wildman–Crippen LogP) is 4.08. The molecule has 1 saturated heterocycles. The van der Waals surface area contributed by atoms with Gasteiger partial charge < -0.3 is 10.2 Å². The van der Waals surface area contributed by atoms with Crippen LogP contribution in [0.4, 0.5) is 10.1 Å². The van der Waals surface area contributed by atoms with Gasteiger partial charge in [0, 0.05) is 25.2 Å². The maximum Gasteiger partial charge on any atom is 0.229 e. The zero-order valence-electron chi connectivity index (χ0n) is 14.9. The van der Waals surface area contributed by atoms with Gasteiger partial charge in [0.05, 0.1) is 5.92 Å². The second-order valence-electron chi connectivity index (χ2n) is 6.61. The Morgan fingerprint density at radius 2 is 1.92 bits per heavy atom. The van der Waals surface area contributed by atoms with E-state index in [1.807, 2.05) is 37.3 Å². The van der Waals surface area contributed by atoms with Gasteiger partial charge in [0.2, 0.25) is 11.8 Å². The maximum absolute atomic E-state index is 13.3. The highest BCUT2D eigenvalue weighted by Gasteiger charge is 2.27. The van der Waals surface area contributed by atoms with Gasteiger partial charge in [0.1, 0.15) is 5.82 Å². The van der Waals surface area contributed by atoms with Gasteiger partial charge in [-0.3, -0.25) is 9.59 Å². The van der Waals surface area contributed by atoms with E-state index < -0.39 is 0 Å². The van der Waals surface area contributed by atoms with Gasteiger partial charge >= 0.3 is 0 Å². The number of hydrogen-bond acceptors (Lipinski definition) is 2. The van der Waals surface area contributed by atoms with Crippen LogP contribution in [-0.4, -0.2) is 29.8 Å². The van der Waals surface area contributed by atoms with Crippen LogP contribution in [0.3, 0.4) is 0 Å². The summed E-state index contributed by atoms with van der Waals surface area (Å²) in [6.45, 7) is 3.06. The lowest BCUT2D eigenvalue weighted by Gasteiger charge is -2.31. The lowest BCUT2D eigenvalue weighted by molar-refractivity contribution is -0.134. The van der Waals surface area contributed by atoms with Crippen LogP contribution >= 0.6 is 0 Å². The van der Waals surface area contributed by atoms with Crippen molar-refractivity contribution in [1.29, 1.82) is 0 Å². The van der Waals surface area contributed by atoms with E-state index in [0.29, 0.717) is 18.7 Å². The summed E-state index contributed by atoms with van der Waals surface area (Å²) in [5, 5.41) is 2.93. The Kier molecular flexibility index (Phi) is 5.66. The number of anilines is 1. The topological polar surface area (TPSA) is 49.4 Å². The van der Waals surface area contributed by atoms with Gasteiger partial charge in [-0.25, -0.2) is 4.39 Å². The van der Waals surface area contributed by atoms with Crippen LogP contribution in [0, 0.1) is 11.7 Å². The van der Waals surface area contributed by atoms with E-state index >= 15 is 0 Å². The quantitative estimate of drug-likeness (QED) is 0.899. The number of nitrogens with zero attached hydrogens (tertiary/aromatic N) is 1. The number of benzene rings is 2. The van der Waals surface area contributed by atoms with Crippen molar-refractivity contribution in [2.45, 2.75) is 26.2 Å². The van der Waals surface area contributed by atoms with E-state index in [-0.39, 0.29) is 23.5 Å². The molecule has 5 heteroatoms. The number of piperidine rings is 1. The van der Waals surface area contributed by atoms with E-state index in [0.717, 1.165) is 30.5 Å². The summed E-state index contributed by atoms with van der Waals surface area (Å²) < 4.78 is 13.3. The van der Waals surface area contributed by atoms with E-state index in [4.69, 9.17) is 0 Å². The molecule has 3 rings (SSSR count). The lowest BCUT2D eigenvalue weighted by Crippen LogP contribution is -2.43. The molecule has 0 aliphatic carbocycles. The Balaban J connectivity index is 1.63. The molecule has 1 heterocycles. The molecule has 2 amide bonds. The summed E-state index contributed by atoms with van der Waals surface area (Å²) in [6, 6.07) is 13.8. The Labute approximate surface area is 153 Å². The van der Waals surface area contributed by atoms with Crippen molar-refractivity contribution in [2.24, 2.45) is 5.92 Å². The van der Waals surface area contributed by atoms with Gasteiger partial charge in [-0.05, 0) is 48.2 Å². The number of nitrogens with one attached hydrogen (secondary N) is 1. The van der Waals surface area contributed by atoms with Crippen LogP contribution in [0.25, 0.3) is 11.1 Å². The molecule has 2 aromatic rings. The molecule has 1 fully saturated rings. The average molecular weight is 354 g/mol. The van der Waals surface area contributed by atoms with Gasteiger partial charge in [-0.15, -0.1) is 0 Å².